The smallest absolute Gasteiger partial charge is 0.341 e. The summed E-state index contributed by atoms with van der Waals surface area (Å²) < 4.78 is 5.28. The number of likely N-dealkylation sites (N-methyl/N-ethyl adjacent to an activating group) is 1. The number of ether oxygens (including phenoxy) is 1. The Morgan fingerprint density at radius 1 is 1.26 bits per heavy atom. The van der Waals surface area contributed by atoms with E-state index in [0.717, 1.165) is 47.6 Å². The van der Waals surface area contributed by atoms with Crippen LogP contribution in [0.15, 0.2) is 18.2 Å². The molecule has 0 radical (unpaired) electrons. The van der Waals surface area contributed by atoms with Crippen molar-refractivity contribution >= 4 is 28.2 Å². The molecule has 5 nitrogen and oxygen atoms in total. The third kappa shape index (κ3) is 4.06. The van der Waals surface area contributed by atoms with Gasteiger partial charge in [0.2, 0.25) is 0 Å². The Morgan fingerprint density at radius 2 is 2.04 bits per heavy atom. The van der Waals surface area contributed by atoms with Crippen molar-refractivity contribution in [2.24, 2.45) is 0 Å². The predicted molar refractivity (Wildman–Crippen MR) is 109 cm³/mol. The van der Waals surface area contributed by atoms with Crippen LogP contribution in [-0.4, -0.2) is 36.5 Å². The zero-order chi connectivity index (χ0) is 19.6. The number of anilines is 1. The van der Waals surface area contributed by atoms with Gasteiger partial charge in [-0.15, -0.1) is 11.3 Å². The first-order valence-electron chi connectivity index (χ1n) is 9.37. The van der Waals surface area contributed by atoms with Crippen LogP contribution in [0.3, 0.4) is 0 Å². The molecule has 2 aromatic rings. The number of hydrogen-bond donors (Lipinski definition) is 1. The first-order valence-corrected chi connectivity index (χ1v) is 10.2. The average Bonchev–Trinajstić information content (AvgIpc) is 3.00. The Morgan fingerprint density at radius 3 is 2.74 bits per heavy atom. The Kier molecular flexibility index (Phi) is 5.97. The number of amides is 1. The molecule has 6 heteroatoms. The van der Waals surface area contributed by atoms with Crippen LogP contribution < -0.4 is 5.32 Å². The molecule has 3 rings (SSSR count). The molecule has 144 valence electrons. The Bertz CT molecular complexity index is 873. The van der Waals surface area contributed by atoms with E-state index in [0.29, 0.717) is 22.7 Å². The number of nitrogens with zero attached hydrogens (tertiary/aromatic N) is 1. The minimum absolute atomic E-state index is 0.187. The fourth-order valence-corrected chi connectivity index (χ4v) is 4.66. The molecule has 1 aromatic carbocycles. The van der Waals surface area contributed by atoms with Crippen molar-refractivity contribution in [1.29, 1.82) is 0 Å². The number of carbonyl (C=O) groups is 2. The summed E-state index contributed by atoms with van der Waals surface area (Å²) in [5, 5.41) is 3.58. The highest BCUT2D eigenvalue weighted by atomic mass is 32.1. The van der Waals surface area contributed by atoms with Crippen LogP contribution >= 0.6 is 11.3 Å². The minimum atomic E-state index is -0.351. The SMILES string of the molecule is CCOC(=O)c1c(NC(=O)c2cc(C)ccc2C)sc2c1CCN(CC)C2. The van der Waals surface area contributed by atoms with Crippen molar-refractivity contribution in [2.45, 2.75) is 40.7 Å². The van der Waals surface area contributed by atoms with E-state index < -0.39 is 0 Å². The lowest BCUT2D eigenvalue weighted by atomic mass is 10.0. The largest absolute Gasteiger partial charge is 0.462 e. The van der Waals surface area contributed by atoms with Crippen LogP contribution in [0, 0.1) is 13.8 Å². The summed E-state index contributed by atoms with van der Waals surface area (Å²) in [7, 11) is 0. The maximum atomic E-state index is 12.9. The molecule has 0 bridgehead atoms. The van der Waals surface area contributed by atoms with E-state index in [-0.39, 0.29) is 11.9 Å². The molecule has 1 N–H and O–H groups in total. The summed E-state index contributed by atoms with van der Waals surface area (Å²) in [5.41, 5.74) is 4.13. The number of benzene rings is 1. The predicted octanol–water partition coefficient (Wildman–Crippen LogP) is 4.17. The van der Waals surface area contributed by atoms with Crippen molar-refractivity contribution in [3.05, 3.63) is 50.9 Å². The average molecular weight is 387 g/mol. The maximum Gasteiger partial charge on any atom is 0.341 e. The van der Waals surface area contributed by atoms with Crippen LogP contribution in [0.1, 0.15) is 56.1 Å². The Balaban J connectivity index is 1.96. The summed E-state index contributed by atoms with van der Waals surface area (Å²) in [6.45, 7) is 10.8. The molecule has 1 aliphatic rings. The molecule has 27 heavy (non-hydrogen) atoms. The fourth-order valence-electron chi connectivity index (χ4n) is 3.38. The van der Waals surface area contributed by atoms with Crippen LogP contribution in [-0.2, 0) is 17.7 Å². The number of carbonyl (C=O) groups excluding carboxylic acids is 2. The second-order valence-corrected chi connectivity index (χ2v) is 7.92. The van der Waals surface area contributed by atoms with Gasteiger partial charge in [0.05, 0.1) is 12.2 Å². The van der Waals surface area contributed by atoms with E-state index in [2.05, 4.69) is 17.1 Å². The zero-order valence-corrected chi connectivity index (χ0v) is 17.2. The van der Waals surface area contributed by atoms with E-state index in [1.54, 1.807) is 6.92 Å². The van der Waals surface area contributed by atoms with Crippen molar-refractivity contribution < 1.29 is 14.3 Å². The highest BCUT2D eigenvalue weighted by molar-refractivity contribution is 7.17. The number of rotatable bonds is 5. The third-order valence-corrected chi connectivity index (χ3v) is 6.06. The summed E-state index contributed by atoms with van der Waals surface area (Å²) in [5.74, 6) is -0.538. The van der Waals surface area contributed by atoms with E-state index in [4.69, 9.17) is 4.74 Å². The molecule has 2 heterocycles. The fraction of sp³-hybridized carbons (Fsp3) is 0.429. The number of thiophene rings is 1. The van der Waals surface area contributed by atoms with E-state index in [1.807, 2.05) is 32.0 Å². The van der Waals surface area contributed by atoms with Crippen molar-refractivity contribution in [1.82, 2.24) is 4.90 Å². The van der Waals surface area contributed by atoms with Gasteiger partial charge in [0.1, 0.15) is 5.00 Å². The maximum absolute atomic E-state index is 12.9. The quantitative estimate of drug-likeness (QED) is 0.784. The lowest BCUT2D eigenvalue weighted by Crippen LogP contribution is -2.30. The number of esters is 1. The molecule has 1 aromatic heterocycles. The van der Waals surface area contributed by atoms with Crippen LogP contribution in [0.2, 0.25) is 0 Å². The van der Waals surface area contributed by atoms with Crippen molar-refractivity contribution in [2.75, 3.05) is 25.0 Å². The molecule has 1 aliphatic heterocycles. The highest BCUT2D eigenvalue weighted by Crippen LogP contribution is 2.38. The molecular weight excluding hydrogens is 360 g/mol. The van der Waals surface area contributed by atoms with Gasteiger partial charge in [-0.3, -0.25) is 9.69 Å². The normalized spacial score (nSPS) is 13.9. The standard InChI is InChI=1S/C21H26N2O3S/c1-5-23-10-9-15-17(12-23)27-20(18(15)21(25)26-6-2)22-19(24)16-11-13(3)7-8-14(16)4/h7-8,11H,5-6,9-10,12H2,1-4H3,(H,22,24). The Hall–Kier alpha value is -2.18. The first-order chi connectivity index (χ1) is 12.9. The second-order valence-electron chi connectivity index (χ2n) is 6.82. The molecule has 0 saturated carbocycles. The van der Waals surface area contributed by atoms with Crippen LogP contribution in [0.25, 0.3) is 0 Å². The lowest BCUT2D eigenvalue weighted by Gasteiger charge is -2.25. The van der Waals surface area contributed by atoms with E-state index in [9.17, 15) is 9.59 Å². The number of nitrogens with one attached hydrogen (secondary N) is 1. The first kappa shape index (κ1) is 19.6. The lowest BCUT2D eigenvalue weighted by molar-refractivity contribution is 0.0526. The van der Waals surface area contributed by atoms with Gasteiger partial charge >= 0.3 is 5.97 Å². The van der Waals surface area contributed by atoms with Gasteiger partial charge < -0.3 is 10.1 Å². The molecule has 0 unspecified atom stereocenters. The van der Waals surface area contributed by atoms with E-state index in [1.165, 1.54) is 11.3 Å². The monoisotopic (exact) mass is 386 g/mol. The minimum Gasteiger partial charge on any atom is -0.462 e. The Labute approximate surface area is 164 Å². The second kappa shape index (κ2) is 8.23. The third-order valence-electron chi connectivity index (χ3n) is 4.93. The van der Waals surface area contributed by atoms with Gasteiger partial charge in [0.15, 0.2) is 0 Å². The molecule has 0 aliphatic carbocycles. The van der Waals surface area contributed by atoms with Gasteiger partial charge in [0.25, 0.3) is 5.91 Å². The number of hydrogen-bond acceptors (Lipinski definition) is 5. The van der Waals surface area contributed by atoms with Gasteiger partial charge in [-0.05, 0) is 50.9 Å². The van der Waals surface area contributed by atoms with Gasteiger partial charge in [-0.25, -0.2) is 4.79 Å². The summed E-state index contributed by atoms with van der Waals surface area (Å²) in [6.07, 6.45) is 0.799. The van der Waals surface area contributed by atoms with Gasteiger partial charge in [-0.2, -0.15) is 0 Å². The highest BCUT2D eigenvalue weighted by Gasteiger charge is 2.29. The molecule has 0 spiro atoms. The van der Waals surface area contributed by atoms with Gasteiger partial charge in [-0.1, -0.05) is 24.6 Å². The van der Waals surface area contributed by atoms with Crippen LogP contribution in [0.5, 0.6) is 0 Å². The zero-order valence-electron chi connectivity index (χ0n) is 16.3. The summed E-state index contributed by atoms with van der Waals surface area (Å²) in [4.78, 5) is 29.0. The summed E-state index contributed by atoms with van der Waals surface area (Å²) in [6, 6.07) is 5.80. The molecule has 1 amide bonds. The summed E-state index contributed by atoms with van der Waals surface area (Å²) >= 11 is 1.49. The van der Waals surface area contributed by atoms with Crippen molar-refractivity contribution in [3.8, 4) is 0 Å². The molecular formula is C21H26N2O3S. The molecule has 0 atom stereocenters. The van der Waals surface area contributed by atoms with Gasteiger partial charge in [0, 0.05) is 23.5 Å². The number of aryl methyl sites for hydroxylation is 2. The van der Waals surface area contributed by atoms with E-state index >= 15 is 0 Å². The molecule has 0 saturated heterocycles. The molecule has 0 fully saturated rings. The van der Waals surface area contributed by atoms with Crippen LogP contribution in [0.4, 0.5) is 5.00 Å². The number of fused-ring (bicyclic) bond motifs is 1. The topological polar surface area (TPSA) is 58.6 Å². The van der Waals surface area contributed by atoms with Crippen molar-refractivity contribution in [3.63, 3.8) is 0 Å².